The molecule has 0 aromatic heterocycles. The van der Waals surface area contributed by atoms with Gasteiger partial charge in [0.05, 0.1) is 18.2 Å². The first-order chi connectivity index (χ1) is 16.3. The van der Waals surface area contributed by atoms with Crippen molar-refractivity contribution in [3.63, 3.8) is 0 Å². The van der Waals surface area contributed by atoms with E-state index in [1.54, 1.807) is 35.2 Å². The third-order valence-electron chi connectivity index (χ3n) is 6.32. The Bertz CT molecular complexity index is 1020. The SMILES string of the molecule is CC[C@H](C)NC(=O)[C@H](NC(=O)c1ccccc1F)C1CCN(C(=O)c2ccccc2OC)CC1. The number of nitrogens with one attached hydrogen (secondary N) is 2. The lowest BCUT2D eigenvalue weighted by atomic mass is 9.88. The van der Waals surface area contributed by atoms with Crippen molar-refractivity contribution in [1.82, 2.24) is 15.5 Å². The van der Waals surface area contributed by atoms with Gasteiger partial charge >= 0.3 is 0 Å². The summed E-state index contributed by atoms with van der Waals surface area (Å²) in [5, 5.41) is 5.68. The first kappa shape index (κ1) is 25.2. The van der Waals surface area contributed by atoms with E-state index in [0.29, 0.717) is 37.2 Å². The number of hydrogen-bond acceptors (Lipinski definition) is 4. The molecule has 1 fully saturated rings. The van der Waals surface area contributed by atoms with Crippen LogP contribution >= 0.6 is 0 Å². The number of nitrogens with zero attached hydrogens (tertiary/aromatic N) is 1. The molecule has 0 spiro atoms. The molecule has 3 amide bonds. The lowest BCUT2D eigenvalue weighted by Gasteiger charge is -2.36. The van der Waals surface area contributed by atoms with Gasteiger partial charge in [0, 0.05) is 19.1 Å². The van der Waals surface area contributed by atoms with Crippen LogP contribution in [0.5, 0.6) is 5.75 Å². The molecule has 0 bridgehead atoms. The second-order valence-electron chi connectivity index (χ2n) is 8.58. The largest absolute Gasteiger partial charge is 0.496 e. The minimum atomic E-state index is -0.829. The molecular weight excluding hydrogens is 437 g/mol. The Morgan fingerprint density at radius 3 is 2.26 bits per heavy atom. The van der Waals surface area contributed by atoms with Gasteiger partial charge in [0.25, 0.3) is 11.8 Å². The molecule has 34 heavy (non-hydrogen) atoms. The van der Waals surface area contributed by atoms with Crippen LogP contribution in [0.1, 0.15) is 53.8 Å². The molecule has 182 valence electrons. The maximum Gasteiger partial charge on any atom is 0.257 e. The van der Waals surface area contributed by atoms with Gasteiger partial charge < -0.3 is 20.3 Å². The van der Waals surface area contributed by atoms with Crippen LogP contribution in [-0.2, 0) is 4.79 Å². The zero-order chi connectivity index (χ0) is 24.7. The molecule has 2 N–H and O–H groups in total. The normalized spacial score (nSPS) is 15.8. The second-order valence-corrected chi connectivity index (χ2v) is 8.58. The van der Waals surface area contributed by atoms with Gasteiger partial charge in [0.15, 0.2) is 0 Å². The number of carbonyl (C=O) groups is 3. The number of piperidine rings is 1. The molecule has 8 heteroatoms. The van der Waals surface area contributed by atoms with Crippen LogP contribution in [0.15, 0.2) is 48.5 Å². The van der Waals surface area contributed by atoms with E-state index in [1.807, 2.05) is 13.8 Å². The van der Waals surface area contributed by atoms with E-state index in [0.717, 1.165) is 6.42 Å². The Hall–Kier alpha value is -3.42. The number of rotatable bonds is 8. The molecule has 2 aromatic rings. The summed E-state index contributed by atoms with van der Waals surface area (Å²) in [5.41, 5.74) is 0.384. The molecule has 3 rings (SSSR count). The van der Waals surface area contributed by atoms with E-state index < -0.39 is 17.8 Å². The molecule has 7 nitrogen and oxygen atoms in total. The minimum Gasteiger partial charge on any atom is -0.496 e. The van der Waals surface area contributed by atoms with Crippen molar-refractivity contribution in [2.24, 2.45) is 5.92 Å². The molecule has 1 heterocycles. The van der Waals surface area contributed by atoms with E-state index in [2.05, 4.69) is 10.6 Å². The van der Waals surface area contributed by atoms with E-state index >= 15 is 0 Å². The lowest BCUT2D eigenvalue weighted by molar-refractivity contribution is -0.125. The summed E-state index contributed by atoms with van der Waals surface area (Å²) in [6.45, 7) is 4.72. The number of likely N-dealkylation sites (tertiary alicyclic amines) is 1. The molecule has 0 unspecified atom stereocenters. The van der Waals surface area contributed by atoms with Crippen LogP contribution in [-0.4, -0.2) is 54.9 Å². The lowest BCUT2D eigenvalue weighted by Crippen LogP contribution is -2.55. The predicted molar refractivity (Wildman–Crippen MR) is 127 cm³/mol. The topological polar surface area (TPSA) is 87.7 Å². The van der Waals surface area contributed by atoms with Crippen molar-refractivity contribution < 1.29 is 23.5 Å². The van der Waals surface area contributed by atoms with Crippen LogP contribution in [0.4, 0.5) is 4.39 Å². The molecule has 0 saturated carbocycles. The first-order valence-electron chi connectivity index (χ1n) is 11.6. The maximum atomic E-state index is 14.1. The van der Waals surface area contributed by atoms with Gasteiger partial charge in [-0.15, -0.1) is 0 Å². The number of methoxy groups -OCH3 is 1. The van der Waals surface area contributed by atoms with Crippen LogP contribution in [0.25, 0.3) is 0 Å². The number of benzene rings is 2. The fourth-order valence-electron chi connectivity index (χ4n) is 4.12. The standard InChI is InChI=1S/C26H32FN3O4/c1-4-17(2)28-25(32)23(29-24(31)19-9-5-7-11-21(19)27)18-13-15-30(16-14-18)26(33)20-10-6-8-12-22(20)34-3/h5-12,17-18,23H,4,13-16H2,1-3H3,(H,28,32)(H,29,31)/t17-,23+/m0/s1. The van der Waals surface area contributed by atoms with E-state index in [4.69, 9.17) is 4.74 Å². The third kappa shape index (κ3) is 5.92. The summed E-state index contributed by atoms with van der Waals surface area (Å²) in [7, 11) is 1.52. The molecule has 2 aromatic carbocycles. The molecule has 0 aliphatic carbocycles. The first-order valence-corrected chi connectivity index (χ1v) is 11.6. The zero-order valence-electron chi connectivity index (χ0n) is 19.8. The van der Waals surface area contributed by atoms with Gasteiger partial charge in [-0.2, -0.15) is 0 Å². The number of hydrogen-bond donors (Lipinski definition) is 2. The van der Waals surface area contributed by atoms with Crippen molar-refractivity contribution in [3.05, 3.63) is 65.5 Å². The monoisotopic (exact) mass is 469 g/mol. The quantitative estimate of drug-likeness (QED) is 0.620. The summed E-state index contributed by atoms with van der Waals surface area (Å²) in [4.78, 5) is 40.6. The van der Waals surface area contributed by atoms with Crippen molar-refractivity contribution in [2.75, 3.05) is 20.2 Å². The van der Waals surface area contributed by atoms with Crippen LogP contribution in [0.3, 0.4) is 0 Å². The molecule has 1 saturated heterocycles. The fourth-order valence-corrected chi connectivity index (χ4v) is 4.12. The van der Waals surface area contributed by atoms with Gasteiger partial charge in [-0.3, -0.25) is 14.4 Å². The van der Waals surface area contributed by atoms with Crippen molar-refractivity contribution >= 4 is 17.7 Å². The molecule has 0 radical (unpaired) electrons. The summed E-state index contributed by atoms with van der Waals surface area (Å²) < 4.78 is 19.5. The molecule has 2 atom stereocenters. The molecule has 1 aliphatic heterocycles. The highest BCUT2D eigenvalue weighted by molar-refractivity contribution is 5.98. The maximum absolute atomic E-state index is 14.1. The average Bonchev–Trinajstić information content (AvgIpc) is 2.86. The van der Waals surface area contributed by atoms with Gasteiger partial charge in [-0.1, -0.05) is 31.2 Å². The smallest absolute Gasteiger partial charge is 0.257 e. The second kappa shape index (κ2) is 11.6. The van der Waals surface area contributed by atoms with Crippen molar-refractivity contribution in [2.45, 2.75) is 45.2 Å². The van der Waals surface area contributed by atoms with Gasteiger partial charge in [-0.25, -0.2) is 4.39 Å². The summed E-state index contributed by atoms with van der Waals surface area (Å²) in [6, 6.07) is 11.9. The number of ether oxygens (including phenoxy) is 1. The van der Waals surface area contributed by atoms with Crippen LogP contribution in [0.2, 0.25) is 0 Å². The third-order valence-corrected chi connectivity index (χ3v) is 6.32. The summed E-state index contributed by atoms with van der Waals surface area (Å²) in [5.74, 6) is -1.38. The van der Waals surface area contributed by atoms with Crippen molar-refractivity contribution in [3.8, 4) is 5.75 Å². The van der Waals surface area contributed by atoms with Crippen molar-refractivity contribution in [1.29, 1.82) is 0 Å². The average molecular weight is 470 g/mol. The highest BCUT2D eigenvalue weighted by atomic mass is 19.1. The highest BCUT2D eigenvalue weighted by Gasteiger charge is 2.35. The Morgan fingerprint density at radius 1 is 1.03 bits per heavy atom. The van der Waals surface area contributed by atoms with E-state index in [9.17, 15) is 18.8 Å². The fraction of sp³-hybridized carbons (Fsp3) is 0.423. The minimum absolute atomic E-state index is 0.0624. The van der Waals surface area contributed by atoms with E-state index in [1.165, 1.54) is 25.3 Å². The van der Waals surface area contributed by atoms with Gasteiger partial charge in [-0.05, 0) is 56.4 Å². The summed E-state index contributed by atoms with van der Waals surface area (Å²) >= 11 is 0. The van der Waals surface area contributed by atoms with Crippen LogP contribution < -0.4 is 15.4 Å². The Balaban J connectivity index is 1.73. The number of amides is 3. The summed E-state index contributed by atoms with van der Waals surface area (Å²) in [6.07, 6.45) is 1.79. The Labute approximate surface area is 199 Å². The van der Waals surface area contributed by atoms with Gasteiger partial charge in [0.2, 0.25) is 5.91 Å². The molecule has 1 aliphatic rings. The Morgan fingerprint density at radius 2 is 1.65 bits per heavy atom. The zero-order valence-corrected chi connectivity index (χ0v) is 19.8. The number of para-hydroxylation sites is 1. The Kier molecular flexibility index (Phi) is 8.62. The van der Waals surface area contributed by atoms with E-state index in [-0.39, 0.29) is 29.3 Å². The predicted octanol–water partition coefficient (Wildman–Crippen LogP) is 3.40. The molecular formula is C26H32FN3O4. The van der Waals surface area contributed by atoms with Gasteiger partial charge in [0.1, 0.15) is 17.6 Å². The number of carbonyl (C=O) groups excluding carboxylic acids is 3. The number of halogens is 1. The van der Waals surface area contributed by atoms with Crippen LogP contribution in [0, 0.1) is 11.7 Å². The highest BCUT2D eigenvalue weighted by Crippen LogP contribution is 2.26.